The number of aryl methyl sites for hydroxylation is 1. The highest BCUT2D eigenvalue weighted by Crippen LogP contribution is 2.37. The van der Waals surface area contributed by atoms with Gasteiger partial charge in [0.2, 0.25) is 0 Å². The fraction of sp³-hybridized carbons (Fsp3) is 0.500. The highest BCUT2D eigenvalue weighted by Gasteiger charge is 2.44. The first-order chi connectivity index (χ1) is 15.0. The summed E-state index contributed by atoms with van der Waals surface area (Å²) >= 11 is 0. The van der Waals surface area contributed by atoms with E-state index in [1.54, 1.807) is 0 Å². The summed E-state index contributed by atoms with van der Waals surface area (Å²) in [5, 5.41) is 40.2. The van der Waals surface area contributed by atoms with Gasteiger partial charge in [0.1, 0.15) is 36.3 Å². The molecule has 0 unspecified atom stereocenters. The number of aliphatic hydroxyl groups is 4. The lowest BCUT2D eigenvalue weighted by atomic mass is 9.89. The molecule has 2 aromatic rings. The van der Waals surface area contributed by atoms with E-state index in [2.05, 4.69) is 17.0 Å². The van der Waals surface area contributed by atoms with E-state index in [4.69, 9.17) is 9.47 Å². The number of hydrogen-bond acceptors (Lipinski definition) is 7. The lowest BCUT2D eigenvalue weighted by molar-refractivity contribution is -0.231. The number of fused-ring (bicyclic) bond motifs is 1. The molecule has 168 valence electrons. The van der Waals surface area contributed by atoms with E-state index >= 15 is 0 Å². The van der Waals surface area contributed by atoms with Gasteiger partial charge < -0.3 is 34.8 Å². The molecule has 0 radical (unpaired) electrons. The summed E-state index contributed by atoms with van der Waals surface area (Å²) in [6.07, 6.45) is -3.75. The van der Waals surface area contributed by atoms with Crippen molar-refractivity contribution >= 4 is 5.69 Å². The van der Waals surface area contributed by atoms with Gasteiger partial charge >= 0.3 is 0 Å². The molecule has 2 aliphatic heterocycles. The maximum Gasteiger partial charge on any atom is 0.119 e. The molecule has 7 nitrogen and oxygen atoms in total. The summed E-state index contributed by atoms with van der Waals surface area (Å²) < 4.78 is 11.4. The molecule has 2 heterocycles. The van der Waals surface area contributed by atoms with Gasteiger partial charge in [-0.2, -0.15) is 0 Å². The Balaban J connectivity index is 1.60. The van der Waals surface area contributed by atoms with Crippen LogP contribution in [0.1, 0.15) is 36.1 Å². The van der Waals surface area contributed by atoms with E-state index in [9.17, 15) is 20.4 Å². The van der Waals surface area contributed by atoms with Gasteiger partial charge in [0.25, 0.3) is 0 Å². The molecular formula is C24H31NO6. The van der Waals surface area contributed by atoms with E-state index in [-0.39, 0.29) is 0 Å². The van der Waals surface area contributed by atoms with Crippen LogP contribution in [-0.4, -0.2) is 64.6 Å². The predicted molar refractivity (Wildman–Crippen MR) is 116 cm³/mol. The number of hydrogen-bond donors (Lipinski definition) is 4. The number of ether oxygens (including phenoxy) is 2. The summed E-state index contributed by atoms with van der Waals surface area (Å²) in [6, 6.07) is 14.0. The molecule has 7 heteroatoms. The molecular weight excluding hydrogens is 398 g/mol. The Kier molecular flexibility index (Phi) is 6.79. The normalized spacial score (nSPS) is 28.3. The lowest BCUT2D eigenvalue weighted by Gasteiger charge is -2.41. The van der Waals surface area contributed by atoms with E-state index < -0.39 is 37.1 Å². The van der Waals surface area contributed by atoms with Crippen LogP contribution in [0.4, 0.5) is 5.69 Å². The average Bonchev–Trinajstić information content (AvgIpc) is 2.78. The molecule has 4 rings (SSSR count). The molecule has 1 fully saturated rings. The van der Waals surface area contributed by atoms with Gasteiger partial charge in [-0.3, -0.25) is 0 Å². The van der Waals surface area contributed by atoms with Crippen molar-refractivity contribution in [3.8, 4) is 5.75 Å². The van der Waals surface area contributed by atoms with Crippen LogP contribution in [-0.2, 0) is 17.7 Å². The fourth-order valence-electron chi connectivity index (χ4n) is 4.51. The molecule has 0 spiro atoms. The van der Waals surface area contributed by atoms with E-state index in [0.717, 1.165) is 42.9 Å². The SMILES string of the molecule is CCOc1cccc(CN2CCCc3ccc([C@@H]4O[C@H](CO)[C@@H](O)[C@H](O)[C@H]4O)cc32)c1. The summed E-state index contributed by atoms with van der Waals surface area (Å²) in [4.78, 5) is 2.30. The van der Waals surface area contributed by atoms with Crippen LogP contribution in [0, 0.1) is 0 Å². The molecule has 0 aliphatic carbocycles. The van der Waals surface area contributed by atoms with Gasteiger partial charge in [-0.15, -0.1) is 0 Å². The van der Waals surface area contributed by atoms with Crippen LogP contribution in [0.15, 0.2) is 42.5 Å². The third-order valence-electron chi connectivity index (χ3n) is 6.13. The van der Waals surface area contributed by atoms with Gasteiger partial charge in [0, 0.05) is 18.8 Å². The van der Waals surface area contributed by atoms with Crippen LogP contribution in [0.2, 0.25) is 0 Å². The molecule has 31 heavy (non-hydrogen) atoms. The zero-order valence-corrected chi connectivity index (χ0v) is 17.7. The van der Waals surface area contributed by atoms with Crippen molar-refractivity contribution in [2.24, 2.45) is 0 Å². The maximum atomic E-state index is 10.5. The first kappa shape index (κ1) is 22.0. The van der Waals surface area contributed by atoms with Gasteiger partial charge in [-0.1, -0.05) is 24.3 Å². The largest absolute Gasteiger partial charge is 0.494 e. The highest BCUT2D eigenvalue weighted by atomic mass is 16.5. The first-order valence-electron chi connectivity index (χ1n) is 10.9. The smallest absolute Gasteiger partial charge is 0.119 e. The maximum absolute atomic E-state index is 10.5. The topological polar surface area (TPSA) is 103 Å². The Morgan fingerprint density at radius 3 is 2.68 bits per heavy atom. The van der Waals surface area contributed by atoms with Crippen LogP contribution in [0.3, 0.4) is 0 Å². The predicted octanol–water partition coefficient (Wildman–Crippen LogP) is 1.55. The van der Waals surface area contributed by atoms with Crippen molar-refractivity contribution in [2.75, 3.05) is 24.7 Å². The average molecular weight is 430 g/mol. The minimum Gasteiger partial charge on any atom is -0.494 e. The molecule has 0 aromatic heterocycles. The fourth-order valence-corrected chi connectivity index (χ4v) is 4.51. The minimum absolute atomic E-state index is 0.436. The zero-order chi connectivity index (χ0) is 22.0. The van der Waals surface area contributed by atoms with Gasteiger partial charge in [-0.25, -0.2) is 0 Å². The van der Waals surface area contributed by atoms with Crippen molar-refractivity contribution < 1.29 is 29.9 Å². The zero-order valence-electron chi connectivity index (χ0n) is 17.7. The number of rotatable bonds is 6. The lowest BCUT2D eigenvalue weighted by Crippen LogP contribution is -2.55. The third-order valence-corrected chi connectivity index (χ3v) is 6.13. The van der Waals surface area contributed by atoms with Crippen molar-refractivity contribution in [1.82, 2.24) is 0 Å². The van der Waals surface area contributed by atoms with Crippen molar-refractivity contribution in [3.05, 3.63) is 59.2 Å². The number of benzene rings is 2. The molecule has 2 aromatic carbocycles. The summed E-state index contributed by atoms with van der Waals surface area (Å²) in [7, 11) is 0. The molecule has 0 bridgehead atoms. The second-order valence-corrected chi connectivity index (χ2v) is 8.24. The first-order valence-corrected chi connectivity index (χ1v) is 10.9. The molecule has 0 saturated carbocycles. The van der Waals surface area contributed by atoms with E-state index in [1.807, 2.05) is 37.3 Å². The Morgan fingerprint density at radius 1 is 1.06 bits per heavy atom. The van der Waals surface area contributed by atoms with Crippen molar-refractivity contribution in [2.45, 2.75) is 56.8 Å². The van der Waals surface area contributed by atoms with Crippen LogP contribution in [0.5, 0.6) is 5.75 Å². The third kappa shape index (κ3) is 4.56. The molecule has 1 saturated heterocycles. The number of aliphatic hydroxyl groups excluding tert-OH is 4. The molecule has 4 N–H and O–H groups in total. The van der Waals surface area contributed by atoms with Crippen LogP contribution >= 0.6 is 0 Å². The second kappa shape index (κ2) is 9.54. The summed E-state index contributed by atoms with van der Waals surface area (Å²) in [6.45, 7) is 3.79. The standard InChI is InChI=1S/C24H31NO6/c1-2-30-18-7-3-5-15(11-18)13-25-10-4-6-16-8-9-17(12-19(16)25)24-23(29)22(28)21(27)20(14-26)31-24/h3,5,7-9,11-12,20-24,26-29H,2,4,6,10,13-14H2,1H3/t20-,21-,22+,23-,24+/m1/s1. The van der Waals surface area contributed by atoms with Crippen LogP contribution < -0.4 is 9.64 Å². The minimum atomic E-state index is -1.38. The Labute approximate surface area is 182 Å². The Morgan fingerprint density at radius 2 is 1.90 bits per heavy atom. The number of nitrogens with zero attached hydrogens (tertiary/aromatic N) is 1. The summed E-state index contributed by atoms with van der Waals surface area (Å²) in [5.41, 5.74) is 4.16. The molecule has 5 atom stereocenters. The Hall–Kier alpha value is -2.16. The van der Waals surface area contributed by atoms with Gasteiger partial charge in [0.15, 0.2) is 0 Å². The van der Waals surface area contributed by atoms with Gasteiger partial charge in [-0.05, 0) is 54.7 Å². The summed E-state index contributed by atoms with van der Waals surface area (Å²) in [5.74, 6) is 0.854. The highest BCUT2D eigenvalue weighted by molar-refractivity contribution is 5.58. The van der Waals surface area contributed by atoms with Gasteiger partial charge in [0.05, 0.1) is 13.2 Å². The Bertz CT molecular complexity index is 888. The quantitative estimate of drug-likeness (QED) is 0.553. The van der Waals surface area contributed by atoms with Crippen LogP contribution in [0.25, 0.3) is 0 Å². The second-order valence-electron chi connectivity index (χ2n) is 8.24. The molecule has 2 aliphatic rings. The van der Waals surface area contributed by atoms with Crippen molar-refractivity contribution in [3.63, 3.8) is 0 Å². The van der Waals surface area contributed by atoms with E-state index in [0.29, 0.717) is 12.2 Å². The monoisotopic (exact) mass is 429 g/mol. The van der Waals surface area contributed by atoms with Crippen molar-refractivity contribution in [1.29, 1.82) is 0 Å². The number of anilines is 1. The van der Waals surface area contributed by atoms with E-state index in [1.165, 1.54) is 5.56 Å². The molecule has 0 amide bonds.